The minimum Gasteiger partial charge on any atom is -0.307 e. The van der Waals surface area contributed by atoms with Crippen LogP contribution in [0.3, 0.4) is 0 Å². The Hall–Kier alpha value is -10.8. The number of hydrogen-bond donors (Lipinski definition) is 0. The lowest BCUT2D eigenvalue weighted by atomic mass is 9.99. The summed E-state index contributed by atoms with van der Waals surface area (Å²) in [6.45, 7) is 31.0. The average Bonchev–Trinajstić information content (AvgIpc) is 3.96. The summed E-state index contributed by atoms with van der Waals surface area (Å²) in [5.74, 6) is 0. The predicted molar refractivity (Wildman–Crippen MR) is 290 cm³/mol. The lowest BCUT2D eigenvalue weighted by molar-refractivity contribution is 1.09. The molecule has 8 heteroatoms. The molecule has 0 saturated carbocycles. The highest BCUT2D eigenvalue weighted by molar-refractivity contribution is 6.14. The summed E-state index contributed by atoms with van der Waals surface area (Å²) < 4.78 is 4.54. The van der Waals surface area contributed by atoms with E-state index in [1.54, 1.807) is 0 Å². The molecule has 0 saturated heterocycles. The van der Waals surface area contributed by atoms with E-state index in [4.69, 9.17) is 31.3 Å². The molecule has 0 spiro atoms. The lowest BCUT2D eigenvalue weighted by Crippen LogP contribution is -2.05. The maximum Gasteiger partial charge on any atom is 0.187 e. The van der Waals surface area contributed by atoms with Crippen molar-refractivity contribution in [3.05, 3.63) is 258 Å². The molecule has 0 aliphatic rings. The van der Waals surface area contributed by atoms with Gasteiger partial charge in [0, 0.05) is 27.1 Å². The lowest BCUT2D eigenvalue weighted by Gasteiger charge is -2.20. The molecule has 0 bridgehead atoms. The summed E-state index contributed by atoms with van der Waals surface area (Å²) in [5.41, 5.74) is 17.6. The van der Waals surface area contributed by atoms with Crippen LogP contribution in [-0.2, 0) is 0 Å². The average molecular weight is 915 g/mol. The minimum absolute atomic E-state index is 0.525. The van der Waals surface area contributed by atoms with Gasteiger partial charge in [0.05, 0.1) is 83.8 Å². The number of fused-ring (bicyclic) bond motifs is 6. The normalized spacial score (nSPS) is 11.0. The Kier molecular flexibility index (Phi) is 10.3. The summed E-state index contributed by atoms with van der Waals surface area (Å²) in [4.78, 5) is 20.0. The number of benzene rings is 9. The highest BCUT2D eigenvalue weighted by Gasteiger charge is 2.24. The number of nitriles is 1. The molecule has 0 aliphatic carbocycles. The molecule has 3 aromatic heterocycles. The van der Waals surface area contributed by atoms with E-state index in [-0.39, 0.29) is 0 Å². The number of aromatic nitrogens is 3. The number of nitrogens with zero attached hydrogens (tertiary/aromatic N) is 8. The fourth-order valence-electron chi connectivity index (χ4n) is 10.1. The highest BCUT2D eigenvalue weighted by Crippen LogP contribution is 2.45. The first-order valence-corrected chi connectivity index (χ1v) is 23.0. The Balaban J connectivity index is 1.16. The van der Waals surface area contributed by atoms with Crippen LogP contribution in [0.25, 0.3) is 130 Å². The van der Waals surface area contributed by atoms with Crippen molar-refractivity contribution in [2.75, 3.05) is 0 Å². The van der Waals surface area contributed by atoms with Gasteiger partial charge in [-0.15, -0.1) is 0 Å². The van der Waals surface area contributed by atoms with Gasteiger partial charge < -0.3 is 9.13 Å². The zero-order valence-corrected chi connectivity index (χ0v) is 38.2. The van der Waals surface area contributed by atoms with Crippen LogP contribution in [0.15, 0.2) is 207 Å². The van der Waals surface area contributed by atoms with E-state index in [0.29, 0.717) is 28.3 Å². The second-order valence-corrected chi connectivity index (χ2v) is 17.5. The molecule has 8 nitrogen and oxygen atoms in total. The largest absolute Gasteiger partial charge is 0.307 e. The summed E-state index contributed by atoms with van der Waals surface area (Å²) in [7, 11) is 0. The van der Waals surface area contributed by atoms with E-state index in [1.807, 2.05) is 134 Å². The third-order valence-corrected chi connectivity index (χ3v) is 13.5. The van der Waals surface area contributed by atoms with Gasteiger partial charge in [-0.2, -0.15) is 5.26 Å². The molecule has 0 aliphatic heterocycles. The molecular weight excluding hydrogens is 881 g/mol. The van der Waals surface area contributed by atoms with Gasteiger partial charge in [0.15, 0.2) is 22.7 Å². The Morgan fingerprint density at radius 2 is 0.681 bits per heavy atom. The van der Waals surface area contributed by atoms with Crippen LogP contribution in [0.1, 0.15) is 5.56 Å². The van der Waals surface area contributed by atoms with Crippen molar-refractivity contribution < 1.29 is 0 Å². The van der Waals surface area contributed by atoms with Crippen molar-refractivity contribution in [3.8, 4) is 73.1 Å². The van der Waals surface area contributed by atoms with Gasteiger partial charge in [-0.3, -0.25) is 4.98 Å². The molecule has 0 atom stereocenters. The van der Waals surface area contributed by atoms with Crippen molar-refractivity contribution in [3.63, 3.8) is 0 Å². The fraction of sp³-hybridized carbons (Fsp3) is 0. The van der Waals surface area contributed by atoms with Gasteiger partial charge in [0.1, 0.15) is 0 Å². The zero-order valence-electron chi connectivity index (χ0n) is 38.2. The smallest absolute Gasteiger partial charge is 0.187 e. The number of hydrogen-bond acceptors (Lipinski definition) is 2. The number of pyridine rings is 1. The first-order chi connectivity index (χ1) is 35.4. The first-order valence-electron chi connectivity index (χ1n) is 23.0. The van der Waals surface area contributed by atoms with Crippen molar-refractivity contribution in [1.29, 1.82) is 5.26 Å². The second kappa shape index (κ2) is 17.4. The molecule has 9 aromatic carbocycles. The quantitative estimate of drug-likeness (QED) is 0.150. The van der Waals surface area contributed by atoms with Crippen LogP contribution < -0.4 is 0 Å². The maximum atomic E-state index is 9.83. The monoisotopic (exact) mass is 914 g/mol. The van der Waals surface area contributed by atoms with Crippen molar-refractivity contribution in [1.82, 2.24) is 14.1 Å². The van der Waals surface area contributed by atoms with Crippen molar-refractivity contribution in [2.45, 2.75) is 0 Å². The molecule has 0 radical (unpaired) electrons. The van der Waals surface area contributed by atoms with Gasteiger partial charge in [-0.1, -0.05) is 115 Å². The van der Waals surface area contributed by atoms with E-state index in [2.05, 4.69) is 107 Å². The Morgan fingerprint density at radius 3 is 1.04 bits per heavy atom. The first kappa shape index (κ1) is 42.5. The molecule has 3 heterocycles. The van der Waals surface area contributed by atoms with Gasteiger partial charge >= 0.3 is 0 Å². The van der Waals surface area contributed by atoms with Crippen molar-refractivity contribution >= 4 is 66.4 Å². The molecule has 0 fully saturated rings. The zero-order chi connectivity index (χ0) is 48.9. The van der Waals surface area contributed by atoms with Crippen molar-refractivity contribution in [2.24, 2.45) is 0 Å². The van der Waals surface area contributed by atoms with Crippen LogP contribution >= 0.6 is 0 Å². The molecule has 0 N–H and O–H groups in total. The summed E-state index contributed by atoms with van der Waals surface area (Å²) in [5, 5.41) is 13.8. The molecule has 12 rings (SSSR count). The Morgan fingerprint density at radius 1 is 0.347 bits per heavy atom. The SMILES string of the molecule is [C-]#[N+]c1ccc(-c2c(-n3c4ccc(-c5cccc(C#N)c5)cc4c4cc(-c5cccc([N+]#[C-])c5)ccc43)cncc2-n2c3ccc(-c4cccc([N+]#[C-])c4)cc3c3cc(-c4cccc([N+]#[C-])c4)ccc32)cc1. The molecule has 72 heavy (non-hydrogen) atoms. The van der Waals surface area contributed by atoms with Gasteiger partial charge in [0.2, 0.25) is 0 Å². The van der Waals surface area contributed by atoms with Crippen LogP contribution in [0, 0.1) is 37.6 Å². The predicted octanol–water partition coefficient (Wildman–Crippen LogP) is 17.7. The minimum atomic E-state index is 0.525. The maximum absolute atomic E-state index is 9.83. The molecule has 330 valence electrons. The summed E-state index contributed by atoms with van der Waals surface area (Å²) >= 11 is 0. The summed E-state index contributed by atoms with van der Waals surface area (Å²) in [6.07, 6.45) is 3.83. The van der Waals surface area contributed by atoms with E-state index < -0.39 is 0 Å². The number of rotatable bonds is 7. The van der Waals surface area contributed by atoms with E-state index in [0.717, 1.165) is 111 Å². The highest BCUT2D eigenvalue weighted by atomic mass is 15.0. The van der Waals surface area contributed by atoms with Gasteiger partial charge in [-0.25, -0.2) is 19.4 Å². The Labute approximate surface area is 414 Å². The topological polar surface area (TPSA) is 64.0 Å². The summed E-state index contributed by atoms with van der Waals surface area (Å²) in [6, 6.07) is 66.4. The standard InChI is InChI=1S/C64H34N8/c1-66-50-23-17-41(18-24-50)64-62(71-58-25-19-46(42-10-5-9-40(29-42)37-65)33-54(58)55-34-47(20-26-59(55)71)43-11-6-14-51(30-43)67-2)38-70-39-63(64)72-60-27-21-48(44-12-7-15-52(31-44)68-3)35-56(60)57-36-49(22-28-61(57)72)45-13-8-16-53(32-45)69-4/h5-36,38-39H. The molecule has 0 amide bonds. The van der Waals surface area contributed by atoms with Crippen LogP contribution in [-0.4, -0.2) is 14.1 Å². The van der Waals surface area contributed by atoms with Crippen LogP contribution in [0.5, 0.6) is 0 Å². The molecule has 0 unspecified atom stereocenters. The van der Waals surface area contributed by atoms with E-state index in [1.165, 1.54) is 0 Å². The fourth-order valence-corrected chi connectivity index (χ4v) is 10.1. The second-order valence-electron chi connectivity index (χ2n) is 17.5. The van der Waals surface area contributed by atoms with Crippen LogP contribution in [0.2, 0.25) is 0 Å². The third-order valence-electron chi connectivity index (χ3n) is 13.5. The van der Waals surface area contributed by atoms with Gasteiger partial charge in [0.25, 0.3) is 0 Å². The van der Waals surface area contributed by atoms with E-state index >= 15 is 0 Å². The third kappa shape index (κ3) is 7.17. The Bertz CT molecular complexity index is 3970. The molecule has 12 aromatic rings. The molecular formula is C64H34N8. The van der Waals surface area contributed by atoms with Crippen LogP contribution in [0.4, 0.5) is 22.7 Å². The van der Waals surface area contributed by atoms with E-state index in [9.17, 15) is 5.26 Å². The van der Waals surface area contributed by atoms with Gasteiger partial charge in [-0.05, 0) is 129 Å².